The van der Waals surface area contributed by atoms with E-state index in [1.165, 1.54) is 24.3 Å². The van der Waals surface area contributed by atoms with Crippen molar-refractivity contribution in [1.29, 1.82) is 0 Å². The monoisotopic (exact) mass is 430 g/mol. The van der Waals surface area contributed by atoms with Gasteiger partial charge in [-0.25, -0.2) is 4.39 Å². The first-order valence-electron chi connectivity index (χ1n) is 10.7. The average molecular weight is 430 g/mol. The highest BCUT2D eigenvalue weighted by atomic mass is 19.1. The van der Waals surface area contributed by atoms with Crippen molar-refractivity contribution >= 4 is 11.8 Å². The second kappa shape index (κ2) is 9.13. The number of amides is 2. The molecule has 0 aliphatic carbocycles. The summed E-state index contributed by atoms with van der Waals surface area (Å²) in [5, 5.41) is 6.97. The number of ether oxygens (including phenoxy) is 1. The van der Waals surface area contributed by atoms with Crippen LogP contribution < -0.4 is 5.32 Å². The van der Waals surface area contributed by atoms with E-state index >= 15 is 0 Å². The first kappa shape index (κ1) is 21.4. The Hall–Kier alpha value is -2.81. The number of rotatable bonds is 5. The van der Waals surface area contributed by atoms with Crippen LogP contribution in [-0.4, -0.2) is 58.7 Å². The lowest BCUT2D eigenvalue weighted by atomic mass is 9.88. The fourth-order valence-electron chi connectivity index (χ4n) is 4.24. The van der Waals surface area contributed by atoms with E-state index in [2.05, 4.69) is 15.5 Å². The summed E-state index contributed by atoms with van der Waals surface area (Å²) in [5.74, 6) is -0.449. The Morgan fingerprint density at radius 2 is 1.97 bits per heavy atom. The van der Waals surface area contributed by atoms with Gasteiger partial charge < -0.3 is 19.5 Å². The molecule has 2 aromatic rings. The molecule has 0 unspecified atom stereocenters. The standard InChI is InChI=1S/C22H27FN4O4/c1-13(2)11-18-20(28)24-17(14-7-9-30-10-8-14)12-27(18)22(29)19-25-21(31-26-19)15-3-5-16(23)6-4-15/h3-6,13-14,17-18H,7-12H2,1-2H3,(H,24,28)/t17-,18+/m1/s1. The van der Waals surface area contributed by atoms with E-state index < -0.39 is 11.9 Å². The van der Waals surface area contributed by atoms with Crippen LogP contribution in [0.15, 0.2) is 28.8 Å². The van der Waals surface area contributed by atoms with Gasteiger partial charge in [0, 0.05) is 31.4 Å². The topological polar surface area (TPSA) is 97.6 Å². The number of benzene rings is 1. The van der Waals surface area contributed by atoms with Crippen LogP contribution in [-0.2, 0) is 9.53 Å². The second-order valence-corrected chi connectivity index (χ2v) is 8.60. The maximum Gasteiger partial charge on any atom is 0.296 e. The summed E-state index contributed by atoms with van der Waals surface area (Å²) < 4.78 is 23.9. The molecular formula is C22H27FN4O4. The number of carbonyl (C=O) groups excluding carboxylic acids is 2. The van der Waals surface area contributed by atoms with E-state index in [0.29, 0.717) is 31.7 Å². The van der Waals surface area contributed by atoms with Crippen LogP contribution in [0.5, 0.6) is 0 Å². The van der Waals surface area contributed by atoms with Crippen LogP contribution in [0.25, 0.3) is 11.5 Å². The number of hydrogen-bond donors (Lipinski definition) is 1. The molecule has 2 amide bonds. The lowest BCUT2D eigenvalue weighted by Crippen LogP contribution is -2.64. The van der Waals surface area contributed by atoms with Gasteiger partial charge in [0.2, 0.25) is 5.91 Å². The van der Waals surface area contributed by atoms with Crippen LogP contribution >= 0.6 is 0 Å². The largest absolute Gasteiger partial charge is 0.381 e. The Morgan fingerprint density at radius 1 is 1.26 bits per heavy atom. The molecule has 166 valence electrons. The minimum atomic E-state index is -0.587. The van der Waals surface area contributed by atoms with Gasteiger partial charge in [0.1, 0.15) is 11.9 Å². The number of hydrogen-bond acceptors (Lipinski definition) is 6. The third-order valence-electron chi connectivity index (χ3n) is 5.90. The van der Waals surface area contributed by atoms with Crippen molar-refractivity contribution in [3.63, 3.8) is 0 Å². The molecule has 8 nitrogen and oxygen atoms in total. The molecule has 3 heterocycles. The Bertz CT molecular complexity index is 924. The van der Waals surface area contributed by atoms with Crippen molar-refractivity contribution in [2.75, 3.05) is 19.8 Å². The van der Waals surface area contributed by atoms with Gasteiger partial charge in [-0.3, -0.25) is 9.59 Å². The molecule has 9 heteroatoms. The van der Waals surface area contributed by atoms with Gasteiger partial charge in [0.15, 0.2) is 0 Å². The van der Waals surface area contributed by atoms with E-state index in [9.17, 15) is 14.0 Å². The van der Waals surface area contributed by atoms with Crippen LogP contribution in [0.1, 0.15) is 43.7 Å². The van der Waals surface area contributed by atoms with Crippen molar-refractivity contribution in [2.45, 2.75) is 45.2 Å². The molecule has 2 saturated heterocycles. The van der Waals surface area contributed by atoms with Gasteiger partial charge in [-0.1, -0.05) is 19.0 Å². The minimum Gasteiger partial charge on any atom is -0.381 e. The number of nitrogens with zero attached hydrogens (tertiary/aromatic N) is 3. The maximum absolute atomic E-state index is 13.3. The van der Waals surface area contributed by atoms with Gasteiger partial charge >= 0.3 is 0 Å². The van der Waals surface area contributed by atoms with Gasteiger partial charge in [0.05, 0.1) is 0 Å². The molecule has 4 rings (SSSR count). The first-order chi connectivity index (χ1) is 14.9. The summed E-state index contributed by atoms with van der Waals surface area (Å²) in [6, 6.07) is 4.87. The number of piperazine rings is 1. The quantitative estimate of drug-likeness (QED) is 0.783. The van der Waals surface area contributed by atoms with Crippen LogP contribution in [0, 0.1) is 17.7 Å². The van der Waals surface area contributed by atoms with Gasteiger partial charge in [0.25, 0.3) is 17.6 Å². The van der Waals surface area contributed by atoms with E-state index in [4.69, 9.17) is 9.26 Å². The molecule has 2 atom stereocenters. The van der Waals surface area contributed by atoms with Gasteiger partial charge in [-0.2, -0.15) is 4.98 Å². The van der Waals surface area contributed by atoms with Crippen LogP contribution in [0.4, 0.5) is 4.39 Å². The predicted octanol–water partition coefficient (Wildman–Crippen LogP) is 2.66. The summed E-state index contributed by atoms with van der Waals surface area (Å²) >= 11 is 0. The SMILES string of the molecule is CC(C)C[C@H]1C(=O)N[C@@H](C2CCOCC2)CN1C(=O)c1noc(-c2ccc(F)cc2)n1. The van der Waals surface area contributed by atoms with Gasteiger partial charge in [-0.05, 0) is 55.4 Å². The Balaban J connectivity index is 1.57. The fraction of sp³-hybridized carbons (Fsp3) is 0.545. The molecule has 0 saturated carbocycles. The summed E-state index contributed by atoms with van der Waals surface area (Å²) in [7, 11) is 0. The molecule has 1 N–H and O–H groups in total. The van der Waals surface area contributed by atoms with Crippen molar-refractivity contribution in [1.82, 2.24) is 20.4 Å². The average Bonchev–Trinajstić information content (AvgIpc) is 3.25. The summed E-state index contributed by atoms with van der Waals surface area (Å²) in [4.78, 5) is 32.1. The fourth-order valence-corrected chi connectivity index (χ4v) is 4.24. The molecule has 2 aliphatic rings. The van der Waals surface area contributed by atoms with Crippen molar-refractivity contribution in [2.24, 2.45) is 11.8 Å². The maximum atomic E-state index is 13.3. The number of carbonyl (C=O) groups is 2. The third kappa shape index (κ3) is 4.76. The van der Waals surface area contributed by atoms with E-state index in [1.807, 2.05) is 13.8 Å². The predicted molar refractivity (Wildman–Crippen MR) is 109 cm³/mol. The smallest absolute Gasteiger partial charge is 0.296 e. The zero-order chi connectivity index (χ0) is 22.0. The van der Waals surface area contributed by atoms with Crippen molar-refractivity contribution in [3.8, 4) is 11.5 Å². The molecular weight excluding hydrogens is 403 g/mol. The Labute approximate surface area is 180 Å². The molecule has 0 spiro atoms. The summed E-state index contributed by atoms with van der Waals surface area (Å²) in [5.41, 5.74) is 0.517. The van der Waals surface area contributed by atoms with Crippen LogP contribution in [0.3, 0.4) is 0 Å². The first-order valence-corrected chi connectivity index (χ1v) is 10.7. The molecule has 2 aliphatic heterocycles. The summed E-state index contributed by atoms with van der Waals surface area (Å²) in [6.45, 7) is 5.74. The minimum absolute atomic E-state index is 0.103. The highest BCUT2D eigenvalue weighted by Crippen LogP contribution is 2.26. The Kier molecular flexibility index (Phi) is 6.31. The molecule has 2 fully saturated rings. The zero-order valence-electron chi connectivity index (χ0n) is 17.7. The molecule has 0 radical (unpaired) electrons. The molecule has 1 aromatic heterocycles. The second-order valence-electron chi connectivity index (χ2n) is 8.60. The number of aromatic nitrogens is 2. The molecule has 31 heavy (non-hydrogen) atoms. The van der Waals surface area contributed by atoms with Crippen molar-refractivity contribution < 1.29 is 23.2 Å². The van der Waals surface area contributed by atoms with E-state index in [1.54, 1.807) is 4.90 Å². The number of halogens is 1. The highest BCUT2D eigenvalue weighted by molar-refractivity contribution is 5.96. The lowest BCUT2D eigenvalue weighted by Gasteiger charge is -2.43. The highest BCUT2D eigenvalue weighted by Gasteiger charge is 2.41. The Morgan fingerprint density at radius 3 is 2.65 bits per heavy atom. The van der Waals surface area contributed by atoms with E-state index in [-0.39, 0.29) is 41.3 Å². The lowest BCUT2D eigenvalue weighted by molar-refractivity contribution is -0.131. The van der Waals surface area contributed by atoms with E-state index in [0.717, 1.165) is 12.8 Å². The molecule has 1 aromatic carbocycles. The van der Waals surface area contributed by atoms with Crippen molar-refractivity contribution in [3.05, 3.63) is 35.9 Å². The summed E-state index contributed by atoms with van der Waals surface area (Å²) in [6.07, 6.45) is 2.23. The van der Waals surface area contributed by atoms with Gasteiger partial charge in [-0.15, -0.1) is 0 Å². The normalized spacial score (nSPS) is 22.6. The number of nitrogens with one attached hydrogen (secondary N) is 1. The third-order valence-corrected chi connectivity index (χ3v) is 5.90. The van der Waals surface area contributed by atoms with Crippen LogP contribution in [0.2, 0.25) is 0 Å². The molecule has 0 bridgehead atoms. The zero-order valence-corrected chi connectivity index (χ0v) is 17.7.